The topological polar surface area (TPSA) is 6.48 Å². The maximum absolute atomic E-state index is 2.52. The summed E-state index contributed by atoms with van der Waals surface area (Å²) in [6.07, 6.45) is 0. The zero-order valence-corrected chi connectivity index (χ0v) is 27.9. The molecule has 0 atom stereocenters. The highest BCUT2D eigenvalue weighted by molar-refractivity contribution is 6.05. The summed E-state index contributed by atoms with van der Waals surface area (Å²) in [5.74, 6) is 0. The van der Waals surface area contributed by atoms with Gasteiger partial charge in [-0.15, -0.1) is 0 Å². The molecule has 0 N–H and O–H groups in total. The molecule has 0 saturated heterocycles. The average molecular weight is 649 g/mol. The number of nitrogens with zero attached hydrogens (tertiary/aromatic N) is 2. The monoisotopic (exact) mass is 648 g/mol. The Labute approximate surface area is 298 Å². The molecular weight excluding hydrogens is 617 g/mol. The summed E-state index contributed by atoms with van der Waals surface area (Å²) in [6.45, 7) is 0. The number of rotatable bonds is 3. The van der Waals surface area contributed by atoms with Crippen LogP contribution in [0.2, 0.25) is 0 Å². The molecule has 8 aromatic carbocycles. The Bertz CT molecular complexity index is 2540. The first-order valence-corrected chi connectivity index (χ1v) is 17.7. The van der Waals surface area contributed by atoms with Gasteiger partial charge < -0.3 is 9.80 Å². The summed E-state index contributed by atoms with van der Waals surface area (Å²) >= 11 is 0. The van der Waals surface area contributed by atoms with Gasteiger partial charge in [0.15, 0.2) is 0 Å². The van der Waals surface area contributed by atoms with E-state index in [1.807, 2.05) is 0 Å². The standard InChI is InChI=1S/C49H32N2/c1-2-15-33(16-3-1)34-29-31-35(32-30-34)50-43-24-10-12-26-45(43)51(46-27-13-11-25-44(46)50)47-28-14-20-39-38-19-6-9-23-42(38)49(48(39)47)40-21-7-4-17-36(40)37-18-5-8-22-41(37)49/h1-32H. The molecule has 0 unspecified atom stereocenters. The minimum Gasteiger partial charge on any atom is -0.306 e. The fraction of sp³-hybridized carbons (Fsp3) is 0.0204. The van der Waals surface area contributed by atoms with E-state index < -0.39 is 5.41 Å². The van der Waals surface area contributed by atoms with Gasteiger partial charge in [0.1, 0.15) is 0 Å². The number of fused-ring (bicyclic) bond motifs is 12. The lowest BCUT2D eigenvalue weighted by atomic mass is 9.70. The van der Waals surface area contributed by atoms with Crippen molar-refractivity contribution in [1.82, 2.24) is 0 Å². The average Bonchev–Trinajstić information content (AvgIpc) is 3.68. The fourth-order valence-corrected chi connectivity index (χ4v) is 9.23. The maximum atomic E-state index is 2.52. The molecule has 238 valence electrons. The van der Waals surface area contributed by atoms with E-state index in [1.54, 1.807) is 0 Å². The van der Waals surface area contributed by atoms with Crippen LogP contribution < -0.4 is 9.80 Å². The molecule has 1 heterocycles. The smallest absolute Gasteiger partial charge is 0.0746 e. The van der Waals surface area contributed by atoms with E-state index in [-0.39, 0.29) is 0 Å². The van der Waals surface area contributed by atoms with Crippen LogP contribution in [-0.2, 0) is 5.41 Å². The van der Waals surface area contributed by atoms with Crippen LogP contribution in [0.1, 0.15) is 22.3 Å². The minimum atomic E-state index is -0.454. The summed E-state index contributed by atoms with van der Waals surface area (Å²) in [5, 5.41) is 0. The Balaban J connectivity index is 1.17. The first kappa shape index (κ1) is 28.2. The van der Waals surface area contributed by atoms with Crippen LogP contribution in [0.25, 0.3) is 33.4 Å². The molecule has 0 amide bonds. The van der Waals surface area contributed by atoms with Crippen molar-refractivity contribution in [3.63, 3.8) is 0 Å². The third-order valence-electron chi connectivity index (χ3n) is 11.2. The molecule has 0 fully saturated rings. The van der Waals surface area contributed by atoms with E-state index in [4.69, 9.17) is 0 Å². The summed E-state index contributed by atoms with van der Waals surface area (Å²) in [7, 11) is 0. The number of hydrogen-bond acceptors (Lipinski definition) is 2. The summed E-state index contributed by atoms with van der Waals surface area (Å²) in [4.78, 5) is 4.94. The molecule has 11 rings (SSSR count). The first-order chi connectivity index (χ1) is 25.3. The molecule has 0 saturated carbocycles. The summed E-state index contributed by atoms with van der Waals surface area (Å²) < 4.78 is 0. The zero-order chi connectivity index (χ0) is 33.5. The first-order valence-electron chi connectivity index (χ1n) is 17.7. The van der Waals surface area contributed by atoms with Crippen molar-refractivity contribution in [3.05, 3.63) is 216 Å². The third kappa shape index (κ3) is 3.76. The Kier molecular flexibility index (Phi) is 5.91. The quantitative estimate of drug-likeness (QED) is 0.188. The van der Waals surface area contributed by atoms with Gasteiger partial charge in [0.2, 0.25) is 0 Å². The summed E-state index contributed by atoms with van der Waals surface area (Å²) in [5.41, 5.74) is 19.5. The van der Waals surface area contributed by atoms with Gasteiger partial charge in [0.25, 0.3) is 0 Å². The summed E-state index contributed by atoms with van der Waals surface area (Å²) in [6, 6.07) is 71.4. The van der Waals surface area contributed by atoms with Crippen LogP contribution in [0.4, 0.5) is 34.1 Å². The third-order valence-corrected chi connectivity index (χ3v) is 11.2. The molecule has 1 aliphatic heterocycles. The molecule has 3 aliphatic rings. The Morgan fingerprint density at radius 1 is 0.275 bits per heavy atom. The Morgan fingerprint density at radius 3 is 1.22 bits per heavy atom. The SMILES string of the molecule is c1ccc(-c2ccc(N3c4ccccc4N(c4cccc5c4C4(c6ccccc6-c6ccccc64)c4ccccc4-5)c4ccccc43)cc2)cc1. The molecule has 8 aromatic rings. The predicted octanol–water partition coefficient (Wildman–Crippen LogP) is 13.0. The second kappa shape index (κ2) is 10.7. The highest BCUT2D eigenvalue weighted by Gasteiger charge is 2.53. The van der Waals surface area contributed by atoms with Crippen LogP contribution in [0.5, 0.6) is 0 Å². The Morgan fingerprint density at radius 2 is 0.667 bits per heavy atom. The highest BCUT2D eigenvalue weighted by atomic mass is 15.3. The van der Waals surface area contributed by atoms with Crippen molar-refractivity contribution in [2.45, 2.75) is 5.41 Å². The van der Waals surface area contributed by atoms with Gasteiger partial charge in [-0.1, -0.05) is 152 Å². The molecule has 2 nitrogen and oxygen atoms in total. The lowest BCUT2D eigenvalue weighted by Crippen LogP contribution is -2.30. The second-order valence-electron chi connectivity index (χ2n) is 13.6. The fourth-order valence-electron chi connectivity index (χ4n) is 9.23. The molecule has 0 radical (unpaired) electrons. The van der Waals surface area contributed by atoms with Crippen LogP contribution in [0, 0.1) is 0 Å². The van der Waals surface area contributed by atoms with Gasteiger partial charge in [0.05, 0.1) is 33.9 Å². The second-order valence-corrected chi connectivity index (χ2v) is 13.6. The number of para-hydroxylation sites is 4. The van der Waals surface area contributed by atoms with Gasteiger partial charge in [-0.05, 0) is 92.5 Å². The molecule has 1 spiro atoms. The van der Waals surface area contributed by atoms with E-state index in [1.165, 1.54) is 61.3 Å². The lowest BCUT2D eigenvalue weighted by Gasteiger charge is -2.42. The van der Waals surface area contributed by atoms with E-state index in [2.05, 4.69) is 204 Å². The van der Waals surface area contributed by atoms with Crippen LogP contribution >= 0.6 is 0 Å². The number of benzene rings is 8. The number of anilines is 6. The number of hydrogen-bond donors (Lipinski definition) is 0. The molecule has 2 aliphatic carbocycles. The van der Waals surface area contributed by atoms with Gasteiger partial charge in [-0.25, -0.2) is 0 Å². The van der Waals surface area contributed by atoms with E-state index in [9.17, 15) is 0 Å². The highest BCUT2D eigenvalue weighted by Crippen LogP contribution is 2.66. The van der Waals surface area contributed by atoms with Crippen molar-refractivity contribution in [2.24, 2.45) is 0 Å². The lowest BCUT2D eigenvalue weighted by molar-refractivity contribution is 0.792. The van der Waals surface area contributed by atoms with Crippen molar-refractivity contribution < 1.29 is 0 Å². The molecular formula is C49H32N2. The van der Waals surface area contributed by atoms with E-state index >= 15 is 0 Å². The predicted molar refractivity (Wildman–Crippen MR) is 211 cm³/mol. The normalized spacial score (nSPS) is 14.0. The van der Waals surface area contributed by atoms with E-state index in [0.29, 0.717) is 0 Å². The molecule has 0 bridgehead atoms. The van der Waals surface area contributed by atoms with Crippen LogP contribution in [-0.4, -0.2) is 0 Å². The van der Waals surface area contributed by atoms with Gasteiger partial charge in [0, 0.05) is 11.3 Å². The van der Waals surface area contributed by atoms with Crippen LogP contribution in [0.3, 0.4) is 0 Å². The molecule has 51 heavy (non-hydrogen) atoms. The zero-order valence-electron chi connectivity index (χ0n) is 27.9. The minimum absolute atomic E-state index is 0.454. The Hall–Kier alpha value is -6.64. The van der Waals surface area contributed by atoms with Gasteiger partial charge in [-0.2, -0.15) is 0 Å². The van der Waals surface area contributed by atoms with Crippen molar-refractivity contribution in [2.75, 3.05) is 9.80 Å². The van der Waals surface area contributed by atoms with Gasteiger partial charge in [-0.3, -0.25) is 0 Å². The van der Waals surface area contributed by atoms with Crippen LogP contribution in [0.15, 0.2) is 194 Å². The van der Waals surface area contributed by atoms with Crippen molar-refractivity contribution in [3.8, 4) is 33.4 Å². The van der Waals surface area contributed by atoms with Gasteiger partial charge >= 0.3 is 0 Å². The van der Waals surface area contributed by atoms with E-state index in [0.717, 1.165) is 28.4 Å². The maximum Gasteiger partial charge on any atom is 0.0746 e. The largest absolute Gasteiger partial charge is 0.306 e. The van der Waals surface area contributed by atoms with Crippen molar-refractivity contribution in [1.29, 1.82) is 0 Å². The molecule has 2 heteroatoms. The van der Waals surface area contributed by atoms with Crippen molar-refractivity contribution >= 4 is 34.1 Å². The molecule has 0 aromatic heterocycles.